The van der Waals surface area contributed by atoms with Crippen molar-refractivity contribution in [3.63, 3.8) is 0 Å². The number of hydrogen-bond acceptors (Lipinski definition) is 1. The van der Waals surface area contributed by atoms with Gasteiger partial charge in [-0.1, -0.05) is 17.2 Å². The van der Waals surface area contributed by atoms with Gasteiger partial charge < -0.3 is 0 Å². The average Bonchev–Trinajstić information content (AvgIpc) is 1.85. The van der Waals surface area contributed by atoms with E-state index >= 15 is 0 Å². The largest absolute Gasteiger partial charge is 0.294 e. The fourth-order valence-corrected chi connectivity index (χ4v) is 1.31. The molecule has 11 heavy (non-hydrogen) atoms. The number of carbonyl (C=O) groups is 1. The first kappa shape index (κ1) is 8.25. The van der Waals surface area contributed by atoms with E-state index in [1.54, 1.807) is 0 Å². The molecule has 0 N–H and O–H groups in total. The molecule has 0 bridgehead atoms. The lowest BCUT2D eigenvalue weighted by atomic mass is 9.92. The Morgan fingerprint density at radius 1 is 1.45 bits per heavy atom. The van der Waals surface area contributed by atoms with Crippen LogP contribution in [0.4, 0.5) is 0 Å². The summed E-state index contributed by atoms with van der Waals surface area (Å²) in [5.41, 5.74) is 3.38. The van der Waals surface area contributed by atoms with Gasteiger partial charge in [0.05, 0.1) is 0 Å². The molecular weight excluding hydrogens is 136 g/mol. The summed E-state index contributed by atoms with van der Waals surface area (Å²) in [6.07, 6.45) is 3.61. The Bertz CT molecular complexity index is 240. The molecule has 1 nitrogen and oxygen atoms in total. The van der Waals surface area contributed by atoms with Crippen LogP contribution < -0.4 is 0 Å². The maximum Gasteiger partial charge on any atom is 0.163 e. The molecule has 0 radical (unpaired) electrons. The van der Waals surface area contributed by atoms with Crippen molar-refractivity contribution in [2.24, 2.45) is 0 Å². The van der Waals surface area contributed by atoms with Gasteiger partial charge in [0.1, 0.15) is 0 Å². The summed E-state index contributed by atoms with van der Waals surface area (Å²) in [6, 6.07) is 0. The third-order valence-electron chi connectivity index (χ3n) is 2.03. The second kappa shape index (κ2) is 3.04. The average molecular weight is 150 g/mol. The number of carbonyl (C=O) groups excluding carboxylic acids is 1. The minimum absolute atomic E-state index is 0.310. The SMILES string of the molecule is CC1=CCC(=C(C)C)C(=O)C1. The van der Waals surface area contributed by atoms with Gasteiger partial charge in [-0.3, -0.25) is 4.79 Å². The number of Topliss-reactive ketones (excluding diaryl/α,β-unsaturated/α-hetero) is 1. The predicted octanol–water partition coefficient (Wildman–Crippen LogP) is 2.63. The normalized spacial score (nSPS) is 18.3. The lowest BCUT2D eigenvalue weighted by Crippen LogP contribution is -2.08. The molecule has 0 heterocycles. The van der Waals surface area contributed by atoms with Crippen molar-refractivity contribution in [3.8, 4) is 0 Å². The van der Waals surface area contributed by atoms with Crippen LogP contribution in [0, 0.1) is 0 Å². The van der Waals surface area contributed by atoms with Crippen LogP contribution in [0.2, 0.25) is 0 Å². The van der Waals surface area contributed by atoms with Crippen LogP contribution in [0.25, 0.3) is 0 Å². The summed E-state index contributed by atoms with van der Waals surface area (Å²) in [5, 5.41) is 0. The highest BCUT2D eigenvalue weighted by atomic mass is 16.1. The summed E-state index contributed by atoms with van der Waals surface area (Å²) in [5.74, 6) is 0.310. The molecule has 0 aliphatic heterocycles. The zero-order valence-corrected chi connectivity index (χ0v) is 7.40. The van der Waals surface area contributed by atoms with E-state index in [9.17, 15) is 4.79 Å². The summed E-state index contributed by atoms with van der Waals surface area (Å²) in [7, 11) is 0. The molecule has 0 aromatic heterocycles. The van der Waals surface area contributed by atoms with E-state index in [1.165, 1.54) is 11.1 Å². The molecule has 0 saturated carbocycles. The van der Waals surface area contributed by atoms with Crippen molar-refractivity contribution in [2.45, 2.75) is 33.6 Å². The van der Waals surface area contributed by atoms with Crippen molar-refractivity contribution in [3.05, 3.63) is 22.8 Å². The Hall–Kier alpha value is -0.850. The molecule has 0 spiro atoms. The molecule has 0 fully saturated rings. The molecule has 1 rings (SSSR count). The van der Waals surface area contributed by atoms with Crippen molar-refractivity contribution < 1.29 is 4.79 Å². The summed E-state index contributed by atoms with van der Waals surface area (Å²) < 4.78 is 0. The van der Waals surface area contributed by atoms with E-state index < -0.39 is 0 Å². The first-order valence-electron chi connectivity index (χ1n) is 3.96. The van der Waals surface area contributed by atoms with Gasteiger partial charge in [0.15, 0.2) is 5.78 Å². The molecular formula is C10H14O. The van der Waals surface area contributed by atoms with E-state index in [4.69, 9.17) is 0 Å². The fraction of sp³-hybridized carbons (Fsp3) is 0.500. The van der Waals surface area contributed by atoms with Crippen molar-refractivity contribution in [1.82, 2.24) is 0 Å². The standard InChI is InChI=1S/C10H14O/c1-7(2)9-5-4-8(3)6-10(9)11/h4H,5-6H2,1-3H3. The van der Waals surface area contributed by atoms with Crippen molar-refractivity contribution in [2.75, 3.05) is 0 Å². The molecule has 0 aromatic rings. The third-order valence-corrected chi connectivity index (χ3v) is 2.03. The van der Waals surface area contributed by atoms with E-state index in [0.29, 0.717) is 12.2 Å². The van der Waals surface area contributed by atoms with Gasteiger partial charge in [-0.15, -0.1) is 0 Å². The van der Waals surface area contributed by atoms with Gasteiger partial charge in [0.2, 0.25) is 0 Å². The van der Waals surface area contributed by atoms with Crippen LogP contribution in [0.3, 0.4) is 0 Å². The molecule has 1 aliphatic rings. The number of hydrogen-bond donors (Lipinski definition) is 0. The van der Waals surface area contributed by atoms with Crippen LogP contribution in [0.1, 0.15) is 33.6 Å². The second-order valence-electron chi connectivity index (χ2n) is 3.33. The van der Waals surface area contributed by atoms with Crippen LogP contribution >= 0.6 is 0 Å². The van der Waals surface area contributed by atoms with Crippen molar-refractivity contribution in [1.29, 1.82) is 0 Å². The highest BCUT2D eigenvalue weighted by molar-refractivity contribution is 5.98. The first-order chi connectivity index (χ1) is 5.11. The van der Waals surface area contributed by atoms with E-state index in [-0.39, 0.29) is 0 Å². The summed E-state index contributed by atoms with van der Waals surface area (Å²) in [4.78, 5) is 11.3. The molecule has 0 unspecified atom stereocenters. The van der Waals surface area contributed by atoms with Gasteiger partial charge in [-0.25, -0.2) is 0 Å². The quantitative estimate of drug-likeness (QED) is 0.383. The van der Waals surface area contributed by atoms with Gasteiger partial charge >= 0.3 is 0 Å². The van der Waals surface area contributed by atoms with Crippen LogP contribution in [-0.4, -0.2) is 5.78 Å². The predicted molar refractivity (Wildman–Crippen MR) is 46.4 cm³/mol. The smallest absolute Gasteiger partial charge is 0.163 e. The van der Waals surface area contributed by atoms with Crippen molar-refractivity contribution >= 4 is 5.78 Å². The molecule has 0 saturated heterocycles. The van der Waals surface area contributed by atoms with E-state index in [1.807, 2.05) is 20.8 Å². The Kier molecular flexibility index (Phi) is 2.28. The lowest BCUT2D eigenvalue weighted by Gasteiger charge is -2.12. The zero-order valence-electron chi connectivity index (χ0n) is 7.40. The molecule has 0 amide bonds. The number of rotatable bonds is 0. The monoisotopic (exact) mass is 150 g/mol. The highest BCUT2D eigenvalue weighted by Crippen LogP contribution is 2.21. The highest BCUT2D eigenvalue weighted by Gasteiger charge is 2.14. The van der Waals surface area contributed by atoms with Crippen LogP contribution in [-0.2, 0) is 4.79 Å². The van der Waals surface area contributed by atoms with E-state index in [0.717, 1.165) is 12.0 Å². The zero-order chi connectivity index (χ0) is 8.43. The Labute approximate surface area is 67.8 Å². The second-order valence-corrected chi connectivity index (χ2v) is 3.33. The summed E-state index contributed by atoms with van der Waals surface area (Å²) >= 11 is 0. The number of allylic oxidation sites excluding steroid dienone is 4. The molecule has 60 valence electrons. The fourth-order valence-electron chi connectivity index (χ4n) is 1.31. The molecule has 1 heteroatoms. The Morgan fingerprint density at radius 3 is 2.55 bits per heavy atom. The first-order valence-corrected chi connectivity index (χ1v) is 3.96. The Balaban J connectivity index is 2.91. The van der Waals surface area contributed by atoms with Gasteiger partial charge in [0, 0.05) is 6.42 Å². The lowest BCUT2D eigenvalue weighted by molar-refractivity contribution is -0.115. The topological polar surface area (TPSA) is 17.1 Å². The van der Waals surface area contributed by atoms with Gasteiger partial charge in [0.25, 0.3) is 0 Å². The van der Waals surface area contributed by atoms with Crippen LogP contribution in [0.15, 0.2) is 22.8 Å². The van der Waals surface area contributed by atoms with E-state index in [2.05, 4.69) is 6.08 Å². The van der Waals surface area contributed by atoms with Gasteiger partial charge in [-0.2, -0.15) is 0 Å². The van der Waals surface area contributed by atoms with Crippen LogP contribution in [0.5, 0.6) is 0 Å². The van der Waals surface area contributed by atoms with Gasteiger partial charge in [-0.05, 0) is 32.8 Å². The maximum absolute atomic E-state index is 11.3. The number of ketones is 1. The molecule has 1 aliphatic carbocycles. The minimum Gasteiger partial charge on any atom is -0.294 e. The Morgan fingerprint density at radius 2 is 2.09 bits per heavy atom. The summed E-state index contributed by atoms with van der Waals surface area (Å²) in [6.45, 7) is 6.02. The molecule has 0 aromatic carbocycles. The third kappa shape index (κ3) is 1.79. The molecule has 0 atom stereocenters. The minimum atomic E-state index is 0.310. The maximum atomic E-state index is 11.3.